The Bertz CT molecular complexity index is 496. The third-order valence-corrected chi connectivity index (χ3v) is 2.17. The number of benzene rings is 1. The molecule has 0 bridgehead atoms. The molecule has 0 aliphatic heterocycles. The summed E-state index contributed by atoms with van der Waals surface area (Å²) in [6.45, 7) is 0. The second-order valence-electron chi connectivity index (χ2n) is 3.32. The van der Waals surface area contributed by atoms with Crippen LogP contribution in [0.2, 0.25) is 0 Å². The van der Waals surface area contributed by atoms with Crippen LogP contribution in [0.15, 0.2) is 28.9 Å². The molecule has 0 saturated heterocycles. The predicted octanol–water partition coefficient (Wildman–Crippen LogP) is 2.00. The Hall–Kier alpha value is -2.04. The van der Waals surface area contributed by atoms with E-state index >= 15 is 0 Å². The summed E-state index contributed by atoms with van der Waals surface area (Å²) in [7, 11) is 1.43. The van der Waals surface area contributed by atoms with Crippen LogP contribution >= 0.6 is 0 Å². The first kappa shape index (κ1) is 10.5. The van der Waals surface area contributed by atoms with Gasteiger partial charge in [-0.3, -0.25) is 0 Å². The molecule has 2 N–H and O–H groups in total. The van der Waals surface area contributed by atoms with Crippen molar-refractivity contribution in [2.75, 3.05) is 12.8 Å². The minimum Gasteiger partial charge on any atom is -0.494 e. The minimum atomic E-state index is -0.392. The molecule has 0 aliphatic carbocycles. The standard InChI is InChI=1S/C11H11FN2O2/c1-15-10-3-2-7(5-9(10)12)4-8-6-16-11(13)14-8/h2-3,5-6H,4H2,1H3,(H2,13,14). The van der Waals surface area contributed by atoms with Crippen LogP contribution in [0.4, 0.5) is 10.4 Å². The highest BCUT2D eigenvalue weighted by molar-refractivity contribution is 5.31. The first-order valence-electron chi connectivity index (χ1n) is 4.71. The van der Waals surface area contributed by atoms with Gasteiger partial charge in [0.15, 0.2) is 11.6 Å². The molecular formula is C11H11FN2O2. The molecule has 16 heavy (non-hydrogen) atoms. The summed E-state index contributed by atoms with van der Waals surface area (Å²) in [4.78, 5) is 3.94. The Morgan fingerprint density at radius 1 is 1.50 bits per heavy atom. The lowest BCUT2D eigenvalue weighted by Gasteiger charge is -2.03. The predicted molar refractivity (Wildman–Crippen MR) is 56.7 cm³/mol. The van der Waals surface area contributed by atoms with Crippen molar-refractivity contribution >= 4 is 6.01 Å². The molecule has 0 atom stereocenters. The second kappa shape index (κ2) is 4.22. The molecule has 1 aromatic carbocycles. The maximum atomic E-state index is 13.4. The van der Waals surface area contributed by atoms with Crippen LogP contribution in [0.3, 0.4) is 0 Å². The molecule has 1 heterocycles. The third-order valence-electron chi connectivity index (χ3n) is 2.17. The molecular weight excluding hydrogens is 211 g/mol. The van der Waals surface area contributed by atoms with Crippen LogP contribution in [-0.4, -0.2) is 12.1 Å². The lowest BCUT2D eigenvalue weighted by molar-refractivity contribution is 0.386. The summed E-state index contributed by atoms with van der Waals surface area (Å²) in [5.74, 6) is -0.167. The number of rotatable bonds is 3. The number of ether oxygens (including phenoxy) is 1. The van der Waals surface area contributed by atoms with Gasteiger partial charge in [0.25, 0.3) is 6.01 Å². The Labute approximate surface area is 91.9 Å². The van der Waals surface area contributed by atoms with Crippen molar-refractivity contribution in [2.24, 2.45) is 0 Å². The summed E-state index contributed by atoms with van der Waals surface area (Å²) < 4.78 is 23.1. The van der Waals surface area contributed by atoms with Crippen molar-refractivity contribution in [3.8, 4) is 5.75 Å². The summed E-state index contributed by atoms with van der Waals surface area (Å²) >= 11 is 0. The second-order valence-corrected chi connectivity index (χ2v) is 3.32. The number of hydrogen-bond acceptors (Lipinski definition) is 4. The van der Waals surface area contributed by atoms with Gasteiger partial charge in [-0.25, -0.2) is 4.39 Å². The molecule has 0 spiro atoms. The van der Waals surface area contributed by atoms with E-state index in [-0.39, 0.29) is 11.8 Å². The molecule has 5 heteroatoms. The van der Waals surface area contributed by atoms with Gasteiger partial charge in [-0.05, 0) is 17.7 Å². The molecule has 84 valence electrons. The number of aromatic nitrogens is 1. The van der Waals surface area contributed by atoms with Crippen LogP contribution in [0.5, 0.6) is 5.75 Å². The van der Waals surface area contributed by atoms with Crippen molar-refractivity contribution in [1.82, 2.24) is 4.98 Å². The SMILES string of the molecule is COc1ccc(Cc2coc(N)n2)cc1F. The van der Waals surface area contributed by atoms with E-state index in [9.17, 15) is 4.39 Å². The fourth-order valence-electron chi connectivity index (χ4n) is 1.43. The van der Waals surface area contributed by atoms with E-state index in [0.717, 1.165) is 5.56 Å². The zero-order valence-corrected chi connectivity index (χ0v) is 8.74. The monoisotopic (exact) mass is 222 g/mol. The van der Waals surface area contributed by atoms with Crippen LogP contribution in [0.25, 0.3) is 0 Å². The Balaban J connectivity index is 2.19. The third kappa shape index (κ3) is 2.13. The van der Waals surface area contributed by atoms with Crippen LogP contribution < -0.4 is 10.5 Å². The first-order valence-corrected chi connectivity index (χ1v) is 4.71. The quantitative estimate of drug-likeness (QED) is 0.862. The maximum absolute atomic E-state index is 13.4. The van der Waals surface area contributed by atoms with Crippen LogP contribution in [0.1, 0.15) is 11.3 Å². The van der Waals surface area contributed by atoms with Crippen molar-refractivity contribution < 1.29 is 13.5 Å². The number of methoxy groups -OCH3 is 1. The van der Waals surface area contributed by atoms with Gasteiger partial charge in [0, 0.05) is 6.42 Å². The van der Waals surface area contributed by atoms with Gasteiger partial charge in [0.2, 0.25) is 0 Å². The molecule has 0 radical (unpaired) electrons. The zero-order valence-electron chi connectivity index (χ0n) is 8.74. The minimum absolute atomic E-state index is 0.115. The molecule has 0 aliphatic rings. The Morgan fingerprint density at radius 3 is 2.88 bits per heavy atom. The van der Waals surface area contributed by atoms with Crippen LogP contribution in [-0.2, 0) is 6.42 Å². The molecule has 1 aromatic heterocycles. The lowest BCUT2D eigenvalue weighted by atomic mass is 10.1. The number of oxazole rings is 1. The van der Waals surface area contributed by atoms with E-state index < -0.39 is 5.82 Å². The molecule has 0 unspecified atom stereocenters. The molecule has 0 amide bonds. The zero-order chi connectivity index (χ0) is 11.5. The van der Waals surface area contributed by atoms with Crippen molar-refractivity contribution in [3.05, 3.63) is 41.5 Å². The number of nitrogen functional groups attached to an aromatic ring is 1. The normalized spacial score (nSPS) is 10.4. The van der Waals surface area contributed by atoms with E-state index in [4.69, 9.17) is 14.9 Å². The van der Waals surface area contributed by atoms with Crippen LogP contribution in [0, 0.1) is 5.82 Å². The molecule has 0 saturated carbocycles. The number of hydrogen-bond donors (Lipinski definition) is 1. The van der Waals surface area contributed by atoms with Gasteiger partial charge in [-0.15, -0.1) is 0 Å². The van der Waals surface area contributed by atoms with Crippen molar-refractivity contribution in [2.45, 2.75) is 6.42 Å². The summed E-state index contributed by atoms with van der Waals surface area (Å²) in [6.07, 6.45) is 1.93. The number of nitrogens with two attached hydrogens (primary N) is 1. The van der Waals surface area contributed by atoms with E-state index in [0.29, 0.717) is 12.1 Å². The fraction of sp³-hybridized carbons (Fsp3) is 0.182. The lowest BCUT2D eigenvalue weighted by Crippen LogP contribution is -1.93. The van der Waals surface area contributed by atoms with Gasteiger partial charge in [0.1, 0.15) is 6.26 Å². The van der Waals surface area contributed by atoms with Crippen molar-refractivity contribution in [3.63, 3.8) is 0 Å². The number of halogens is 1. The molecule has 2 aromatic rings. The maximum Gasteiger partial charge on any atom is 0.292 e. The van der Waals surface area contributed by atoms with Gasteiger partial charge >= 0.3 is 0 Å². The highest BCUT2D eigenvalue weighted by atomic mass is 19.1. The smallest absolute Gasteiger partial charge is 0.292 e. The average molecular weight is 222 g/mol. The van der Waals surface area contributed by atoms with Crippen molar-refractivity contribution in [1.29, 1.82) is 0 Å². The van der Waals surface area contributed by atoms with E-state index in [1.54, 1.807) is 12.1 Å². The summed E-state index contributed by atoms with van der Waals surface area (Å²) in [5.41, 5.74) is 6.79. The molecule has 0 fully saturated rings. The topological polar surface area (TPSA) is 61.3 Å². The largest absolute Gasteiger partial charge is 0.494 e. The summed E-state index contributed by atoms with van der Waals surface area (Å²) in [6, 6.07) is 4.87. The van der Waals surface area contributed by atoms with Gasteiger partial charge in [-0.2, -0.15) is 4.98 Å². The average Bonchev–Trinajstić information content (AvgIpc) is 2.64. The number of anilines is 1. The highest BCUT2D eigenvalue weighted by Gasteiger charge is 2.06. The number of nitrogens with zero attached hydrogens (tertiary/aromatic N) is 1. The molecule has 4 nitrogen and oxygen atoms in total. The van der Waals surface area contributed by atoms with Gasteiger partial charge in [-0.1, -0.05) is 6.07 Å². The molecule has 2 rings (SSSR count). The van der Waals surface area contributed by atoms with E-state index in [2.05, 4.69) is 4.98 Å². The van der Waals surface area contributed by atoms with E-state index in [1.165, 1.54) is 19.4 Å². The van der Waals surface area contributed by atoms with E-state index in [1.807, 2.05) is 0 Å². The Kier molecular flexibility index (Phi) is 2.76. The summed E-state index contributed by atoms with van der Waals surface area (Å²) in [5, 5.41) is 0. The van der Waals surface area contributed by atoms with Gasteiger partial charge < -0.3 is 14.9 Å². The Morgan fingerprint density at radius 2 is 2.31 bits per heavy atom. The first-order chi connectivity index (χ1) is 7.69. The van der Waals surface area contributed by atoms with Gasteiger partial charge in [0.05, 0.1) is 12.8 Å². The highest BCUT2D eigenvalue weighted by Crippen LogP contribution is 2.19. The fourth-order valence-corrected chi connectivity index (χ4v) is 1.43.